The fraction of sp³-hybridized carbons (Fsp3) is 0.222. The number of pyridine rings is 2. The van der Waals surface area contributed by atoms with Crippen LogP contribution in [0.3, 0.4) is 0 Å². The summed E-state index contributed by atoms with van der Waals surface area (Å²) < 4.78 is 12.6. The number of benzene rings is 3. The maximum absolute atomic E-state index is 6.30. The van der Waals surface area contributed by atoms with Crippen LogP contribution >= 0.6 is 0 Å². The van der Waals surface area contributed by atoms with Gasteiger partial charge in [0.25, 0.3) is 0 Å². The summed E-state index contributed by atoms with van der Waals surface area (Å²) in [7, 11) is 0. The summed E-state index contributed by atoms with van der Waals surface area (Å²) in [5.41, 5.74) is 9.32. The van der Waals surface area contributed by atoms with E-state index in [1.165, 1.54) is 11.1 Å². The molecule has 0 bridgehead atoms. The SMILES string of the molecule is CC(C)(C)c1ccnc(-c2[c-]c3c(cc2)oc2ccc4oc5ccc(-c6cc(C(C)(C)C)ccn6)[c-]c5c4c23)c1.[Pt+2]. The summed E-state index contributed by atoms with van der Waals surface area (Å²) in [5.74, 6) is 0. The summed E-state index contributed by atoms with van der Waals surface area (Å²) in [4.78, 5) is 9.35. The number of aromatic nitrogens is 2. The minimum atomic E-state index is 0. The molecule has 0 unspecified atom stereocenters. The monoisotopic (exact) mass is 717 g/mol. The maximum Gasteiger partial charge on any atom is 2.00 e. The fourth-order valence-electron chi connectivity index (χ4n) is 5.36. The second-order valence-corrected chi connectivity index (χ2v) is 12.6. The number of fused-ring (bicyclic) bond motifs is 7. The van der Waals surface area contributed by atoms with E-state index in [0.717, 1.165) is 66.4 Å². The summed E-state index contributed by atoms with van der Waals surface area (Å²) in [5, 5.41) is 3.78. The second kappa shape index (κ2) is 9.67. The smallest absolute Gasteiger partial charge is 0.500 e. The Morgan fingerprint density at radius 1 is 0.537 bits per heavy atom. The molecule has 0 N–H and O–H groups in total. The van der Waals surface area contributed by atoms with Gasteiger partial charge in [0.1, 0.15) is 0 Å². The van der Waals surface area contributed by atoms with Gasteiger partial charge in [-0.2, -0.15) is 0 Å². The summed E-state index contributed by atoms with van der Waals surface area (Å²) in [6.07, 6.45) is 3.75. The molecule has 0 amide bonds. The molecule has 0 radical (unpaired) electrons. The molecule has 0 aliphatic carbocycles. The molecule has 4 heterocycles. The Morgan fingerprint density at radius 2 is 0.927 bits per heavy atom. The third-order valence-corrected chi connectivity index (χ3v) is 7.69. The molecule has 4 aromatic heterocycles. The minimum absolute atomic E-state index is 0. The first kappa shape index (κ1) is 27.4. The minimum Gasteiger partial charge on any atom is -0.500 e. The standard InChI is InChI=1S/C36H30N2O2.Pt/c1-35(2,3)23-13-15-37-27(19-23)21-7-9-29-25(17-21)33-31(39-29)11-12-32-34(33)26-18-22(8-10-30(26)40-32)28-20-24(14-16-38-28)36(4,5)6;/h7-16,19-20H,1-6H3;/q-2;+2. The Hall–Kier alpha value is -3.75. The van der Waals surface area contributed by atoms with Crippen molar-refractivity contribution < 1.29 is 29.9 Å². The fourth-order valence-corrected chi connectivity index (χ4v) is 5.36. The Morgan fingerprint density at radius 3 is 1.32 bits per heavy atom. The molecule has 3 aromatic carbocycles. The predicted octanol–water partition coefficient (Wildman–Crippen LogP) is 9.80. The van der Waals surface area contributed by atoms with Crippen molar-refractivity contribution in [1.29, 1.82) is 0 Å². The number of hydrogen-bond donors (Lipinski definition) is 0. The first-order chi connectivity index (χ1) is 19.1. The molecule has 206 valence electrons. The molecular formula is C36H30N2O2Pt. The van der Waals surface area contributed by atoms with Crippen molar-refractivity contribution in [3.8, 4) is 22.5 Å². The predicted molar refractivity (Wildman–Crippen MR) is 163 cm³/mol. The van der Waals surface area contributed by atoms with Crippen LogP contribution in [0.1, 0.15) is 52.7 Å². The van der Waals surface area contributed by atoms with Crippen molar-refractivity contribution in [1.82, 2.24) is 9.97 Å². The number of furan rings is 2. The Kier molecular flexibility index (Phi) is 6.47. The van der Waals surface area contributed by atoms with E-state index in [0.29, 0.717) is 0 Å². The van der Waals surface area contributed by atoms with Crippen LogP contribution in [0.25, 0.3) is 66.4 Å². The molecule has 0 spiro atoms. The van der Waals surface area contributed by atoms with Crippen LogP contribution < -0.4 is 0 Å². The van der Waals surface area contributed by atoms with Crippen molar-refractivity contribution in [2.45, 2.75) is 52.4 Å². The van der Waals surface area contributed by atoms with Gasteiger partial charge in [-0.3, -0.25) is 9.97 Å². The molecule has 7 rings (SSSR count). The average Bonchev–Trinajstić information content (AvgIpc) is 3.49. The quantitative estimate of drug-likeness (QED) is 0.167. The van der Waals surface area contributed by atoms with Crippen molar-refractivity contribution in [3.63, 3.8) is 0 Å². The Labute approximate surface area is 254 Å². The third kappa shape index (κ3) is 4.69. The van der Waals surface area contributed by atoms with Crippen LogP contribution in [-0.4, -0.2) is 9.97 Å². The van der Waals surface area contributed by atoms with Crippen molar-refractivity contribution >= 4 is 43.9 Å². The molecule has 0 aliphatic rings. The first-order valence-electron chi connectivity index (χ1n) is 13.7. The van der Waals surface area contributed by atoms with Gasteiger partial charge in [0.05, 0.1) is 22.3 Å². The van der Waals surface area contributed by atoms with Crippen LogP contribution in [-0.2, 0) is 31.9 Å². The number of hydrogen-bond acceptors (Lipinski definition) is 4. The van der Waals surface area contributed by atoms with Gasteiger partial charge in [0.2, 0.25) is 0 Å². The van der Waals surface area contributed by atoms with E-state index in [1.807, 2.05) is 48.8 Å². The zero-order valence-corrected chi connectivity index (χ0v) is 26.2. The molecule has 0 saturated heterocycles. The van der Waals surface area contributed by atoms with E-state index >= 15 is 0 Å². The Balaban J connectivity index is 0.00000302. The van der Waals surface area contributed by atoms with Gasteiger partial charge in [0, 0.05) is 23.8 Å². The van der Waals surface area contributed by atoms with Crippen LogP contribution in [0, 0.1) is 12.1 Å². The molecule has 0 fully saturated rings. The van der Waals surface area contributed by atoms with E-state index in [4.69, 9.17) is 8.83 Å². The van der Waals surface area contributed by atoms with Gasteiger partial charge in [-0.1, -0.05) is 98.5 Å². The summed E-state index contributed by atoms with van der Waals surface area (Å²) in [6, 6.07) is 27.8. The van der Waals surface area contributed by atoms with Gasteiger partial charge < -0.3 is 8.83 Å². The van der Waals surface area contributed by atoms with E-state index in [2.05, 4.69) is 87.9 Å². The maximum atomic E-state index is 6.30. The van der Waals surface area contributed by atoms with Gasteiger partial charge >= 0.3 is 21.1 Å². The largest absolute Gasteiger partial charge is 2.00 e. The molecule has 0 saturated carbocycles. The summed E-state index contributed by atoms with van der Waals surface area (Å²) in [6.45, 7) is 13.3. The molecule has 5 heteroatoms. The zero-order chi connectivity index (χ0) is 27.8. The van der Waals surface area contributed by atoms with Gasteiger partial charge in [0.15, 0.2) is 0 Å². The van der Waals surface area contributed by atoms with Crippen LogP contribution in [0.15, 0.2) is 81.9 Å². The number of rotatable bonds is 2. The van der Waals surface area contributed by atoms with Crippen molar-refractivity contribution in [3.05, 3.63) is 96.3 Å². The van der Waals surface area contributed by atoms with Crippen LogP contribution in [0.5, 0.6) is 0 Å². The van der Waals surface area contributed by atoms with Gasteiger partial charge in [-0.15, -0.1) is 24.3 Å². The third-order valence-electron chi connectivity index (χ3n) is 7.69. The number of nitrogens with zero attached hydrogens (tertiary/aromatic N) is 2. The van der Waals surface area contributed by atoms with E-state index in [1.54, 1.807) is 0 Å². The molecule has 7 aromatic rings. The van der Waals surface area contributed by atoms with E-state index < -0.39 is 0 Å². The van der Waals surface area contributed by atoms with Gasteiger partial charge in [-0.25, -0.2) is 0 Å². The van der Waals surface area contributed by atoms with E-state index in [9.17, 15) is 0 Å². The van der Waals surface area contributed by atoms with Crippen LogP contribution in [0.2, 0.25) is 0 Å². The molecule has 0 aliphatic heterocycles. The van der Waals surface area contributed by atoms with Crippen LogP contribution in [0.4, 0.5) is 0 Å². The van der Waals surface area contributed by atoms with Crippen molar-refractivity contribution in [2.24, 2.45) is 0 Å². The second-order valence-electron chi connectivity index (χ2n) is 12.6. The van der Waals surface area contributed by atoms with E-state index in [-0.39, 0.29) is 31.9 Å². The average molecular weight is 718 g/mol. The normalized spacial score (nSPS) is 12.4. The molecule has 4 nitrogen and oxygen atoms in total. The van der Waals surface area contributed by atoms with Crippen molar-refractivity contribution in [2.75, 3.05) is 0 Å². The molecular weight excluding hydrogens is 687 g/mol. The topological polar surface area (TPSA) is 52.1 Å². The Bertz CT molecular complexity index is 1940. The summed E-state index contributed by atoms with van der Waals surface area (Å²) >= 11 is 0. The zero-order valence-electron chi connectivity index (χ0n) is 24.0. The van der Waals surface area contributed by atoms with Gasteiger partial charge in [-0.05, 0) is 46.2 Å². The molecule has 0 atom stereocenters. The first-order valence-corrected chi connectivity index (χ1v) is 13.7. The molecule has 41 heavy (non-hydrogen) atoms.